The van der Waals surface area contributed by atoms with E-state index in [1.54, 1.807) is 19.3 Å². The SMILES string of the molecule is CCC(=O)N1CCc2ccc(O[C@H](C)C(=O)NCc3ccco3)cc2[C@@H]1c1ccc(C)cc1. The molecule has 1 N–H and O–H groups in total. The van der Waals surface area contributed by atoms with E-state index in [1.165, 1.54) is 11.1 Å². The molecule has 0 radical (unpaired) electrons. The summed E-state index contributed by atoms with van der Waals surface area (Å²) >= 11 is 0. The normalized spacial score (nSPS) is 16.1. The summed E-state index contributed by atoms with van der Waals surface area (Å²) in [6.07, 6.45) is 2.16. The molecule has 0 fully saturated rings. The average Bonchev–Trinajstić information content (AvgIpc) is 3.35. The molecule has 1 aliphatic rings. The highest BCUT2D eigenvalue weighted by molar-refractivity contribution is 5.80. The quantitative estimate of drug-likeness (QED) is 0.578. The highest BCUT2D eigenvalue weighted by atomic mass is 16.5. The first-order chi connectivity index (χ1) is 16.0. The number of fused-ring (bicyclic) bond motifs is 1. The zero-order chi connectivity index (χ0) is 23.4. The van der Waals surface area contributed by atoms with Crippen LogP contribution < -0.4 is 10.1 Å². The summed E-state index contributed by atoms with van der Waals surface area (Å²) in [6.45, 7) is 6.67. The molecule has 6 nitrogen and oxygen atoms in total. The Morgan fingerprint density at radius 2 is 1.97 bits per heavy atom. The molecule has 0 saturated carbocycles. The van der Waals surface area contributed by atoms with Crippen LogP contribution in [0.25, 0.3) is 0 Å². The fraction of sp³-hybridized carbons (Fsp3) is 0.333. The van der Waals surface area contributed by atoms with E-state index in [-0.39, 0.29) is 17.9 Å². The molecule has 2 amide bonds. The molecule has 33 heavy (non-hydrogen) atoms. The van der Waals surface area contributed by atoms with Crippen molar-refractivity contribution in [2.75, 3.05) is 6.54 Å². The number of hydrogen-bond donors (Lipinski definition) is 1. The van der Waals surface area contributed by atoms with Crippen LogP contribution in [-0.2, 0) is 22.6 Å². The fourth-order valence-electron chi connectivity index (χ4n) is 4.24. The molecule has 6 heteroatoms. The van der Waals surface area contributed by atoms with Crippen LogP contribution in [0.4, 0.5) is 0 Å². The lowest BCUT2D eigenvalue weighted by molar-refractivity contribution is -0.133. The lowest BCUT2D eigenvalue weighted by Crippen LogP contribution is -2.40. The van der Waals surface area contributed by atoms with Crippen LogP contribution in [0.1, 0.15) is 54.3 Å². The first-order valence-electron chi connectivity index (χ1n) is 11.4. The minimum Gasteiger partial charge on any atom is -0.481 e. The van der Waals surface area contributed by atoms with E-state index in [9.17, 15) is 9.59 Å². The third-order valence-electron chi connectivity index (χ3n) is 6.06. The Kier molecular flexibility index (Phi) is 6.82. The largest absolute Gasteiger partial charge is 0.481 e. The van der Waals surface area contributed by atoms with Crippen LogP contribution in [-0.4, -0.2) is 29.4 Å². The molecule has 172 valence electrons. The monoisotopic (exact) mass is 446 g/mol. The number of amides is 2. The summed E-state index contributed by atoms with van der Waals surface area (Å²) in [5.74, 6) is 1.20. The van der Waals surface area contributed by atoms with Crippen molar-refractivity contribution >= 4 is 11.8 Å². The van der Waals surface area contributed by atoms with Gasteiger partial charge in [-0.1, -0.05) is 42.8 Å². The van der Waals surface area contributed by atoms with Crippen molar-refractivity contribution in [3.8, 4) is 5.75 Å². The average molecular weight is 447 g/mol. The number of furan rings is 1. The van der Waals surface area contributed by atoms with Gasteiger partial charge in [0.15, 0.2) is 6.10 Å². The molecule has 2 heterocycles. The van der Waals surface area contributed by atoms with Crippen molar-refractivity contribution in [1.29, 1.82) is 0 Å². The third-order valence-corrected chi connectivity index (χ3v) is 6.06. The Hall–Kier alpha value is -3.54. The standard InChI is InChI=1S/C27H30N2O4/c1-4-25(30)29-14-13-20-11-12-22(16-24(20)26(29)21-9-7-18(2)8-10-21)33-19(3)27(31)28-17-23-6-5-15-32-23/h5-12,15-16,19,26H,4,13-14,17H2,1-3H3,(H,28,31)/t19-,26+/m1/s1. The Labute approximate surface area is 194 Å². The second-order valence-corrected chi connectivity index (χ2v) is 8.42. The Bertz CT molecular complexity index is 1110. The summed E-state index contributed by atoms with van der Waals surface area (Å²) in [7, 11) is 0. The summed E-state index contributed by atoms with van der Waals surface area (Å²) in [6, 6.07) is 17.7. The molecule has 0 aliphatic carbocycles. The number of hydrogen-bond acceptors (Lipinski definition) is 4. The smallest absolute Gasteiger partial charge is 0.261 e. The van der Waals surface area contributed by atoms with Gasteiger partial charge in [-0.3, -0.25) is 9.59 Å². The number of carbonyl (C=O) groups is 2. The minimum atomic E-state index is -0.673. The van der Waals surface area contributed by atoms with E-state index in [2.05, 4.69) is 36.5 Å². The van der Waals surface area contributed by atoms with Crippen LogP contribution in [0.2, 0.25) is 0 Å². The first kappa shape index (κ1) is 22.6. The van der Waals surface area contributed by atoms with Crippen LogP contribution >= 0.6 is 0 Å². The maximum atomic E-state index is 12.8. The molecule has 4 rings (SSSR count). The predicted molar refractivity (Wildman–Crippen MR) is 126 cm³/mol. The number of nitrogens with one attached hydrogen (secondary N) is 1. The highest BCUT2D eigenvalue weighted by Gasteiger charge is 2.32. The number of rotatable bonds is 7. The number of aryl methyl sites for hydroxylation is 1. The van der Waals surface area contributed by atoms with Gasteiger partial charge in [0.1, 0.15) is 11.5 Å². The van der Waals surface area contributed by atoms with Crippen LogP contribution in [0.5, 0.6) is 5.75 Å². The van der Waals surface area contributed by atoms with E-state index in [1.807, 2.05) is 36.1 Å². The zero-order valence-corrected chi connectivity index (χ0v) is 19.3. The lowest BCUT2D eigenvalue weighted by atomic mass is 9.87. The van der Waals surface area contributed by atoms with Crippen LogP contribution in [0.3, 0.4) is 0 Å². The van der Waals surface area contributed by atoms with E-state index < -0.39 is 6.10 Å². The molecule has 1 aromatic heterocycles. The molecule has 0 spiro atoms. The van der Waals surface area contributed by atoms with Gasteiger partial charge in [-0.25, -0.2) is 0 Å². The lowest BCUT2D eigenvalue weighted by Gasteiger charge is -2.38. The Morgan fingerprint density at radius 1 is 1.18 bits per heavy atom. The van der Waals surface area contributed by atoms with Crippen molar-refractivity contribution in [3.63, 3.8) is 0 Å². The summed E-state index contributed by atoms with van der Waals surface area (Å²) in [4.78, 5) is 27.2. The minimum absolute atomic E-state index is 0.128. The highest BCUT2D eigenvalue weighted by Crippen LogP contribution is 2.37. The van der Waals surface area contributed by atoms with E-state index in [0.717, 1.165) is 17.5 Å². The van der Waals surface area contributed by atoms with Gasteiger partial charge in [0, 0.05) is 13.0 Å². The first-order valence-corrected chi connectivity index (χ1v) is 11.4. The van der Waals surface area contributed by atoms with Crippen molar-refractivity contribution in [2.24, 2.45) is 0 Å². The molecule has 1 aliphatic heterocycles. The Balaban J connectivity index is 1.57. The number of ether oxygens (including phenoxy) is 1. The number of nitrogens with zero attached hydrogens (tertiary/aromatic N) is 1. The van der Waals surface area contributed by atoms with E-state index in [0.29, 0.717) is 31.0 Å². The van der Waals surface area contributed by atoms with Gasteiger partial charge in [0.25, 0.3) is 5.91 Å². The molecule has 2 aromatic carbocycles. The van der Waals surface area contributed by atoms with E-state index >= 15 is 0 Å². The Morgan fingerprint density at radius 3 is 2.67 bits per heavy atom. The number of carbonyl (C=O) groups excluding carboxylic acids is 2. The van der Waals surface area contributed by atoms with Gasteiger partial charge in [-0.05, 0) is 61.2 Å². The molecular weight excluding hydrogens is 416 g/mol. The molecule has 2 atom stereocenters. The molecular formula is C27H30N2O4. The molecule has 0 saturated heterocycles. The predicted octanol–water partition coefficient (Wildman–Crippen LogP) is 4.56. The van der Waals surface area contributed by atoms with Gasteiger partial charge in [0.2, 0.25) is 5.91 Å². The van der Waals surface area contributed by atoms with E-state index in [4.69, 9.17) is 9.15 Å². The van der Waals surface area contributed by atoms with Gasteiger partial charge in [-0.15, -0.1) is 0 Å². The fourth-order valence-corrected chi connectivity index (χ4v) is 4.24. The molecule has 0 bridgehead atoms. The van der Waals surface area contributed by atoms with Gasteiger partial charge in [-0.2, -0.15) is 0 Å². The second kappa shape index (κ2) is 9.94. The van der Waals surface area contributed by atoms with Gasteiger partial charge >= 0.3 is 0 Å². The van der Waals surface area contributed by atoms with Crippen molar-refractivity contribution < 1.29 is 18.7 Å². The van der Waals surface area contributed by atoms with Crippen molar-refractivity contribution in [3.05, 3.63) is 88.9 Å². The number of benzene rings is 2. The summed E-state index contributed by atoms with van der Waals surface area (Å²) in [5.41, 5.74) is 4.50. The van der Waals surface area contributed by atoms with Gasteiger partial charge in [0.05, 0.1) is 18.8 Å². The molecule has 3 aromatic rings. The summed E-state index contributed by atoms with van der Waals surface area (Å²) < 4.78 is 11.2. The second-order valence-electron chi connectivity index (χ2n) is 8.42. The van der Waals surface area contributed by atoms with Crippen LogP contribution in [0.15, 0.2) is 65.3 Å². The van der Waals surface area contributed by atoms with Crippen molar-refractivity contribution in [1.82, 2.24) is 10.2 Å². The maximum absolute atomic E-state index is 12.8. The summed E-state index contributed by atoms with van der Waals surface area (Å²) in [5, 5.41) is 2.83. The maximum Gasteiger partial charge on any atom is 0.261 e. The van der Waals surface area contributed by atoms with Crippen molar-refractivity contribution in [2.45, 2.75) is 52.3 Å². The van der Waals surface area contributed by atoms with Gasteiger partial charge < -0.3 is 19.4 Å². The zero-order valence-electron chi connectivity index (χ0n) is 19.3. The molecule has 0 unspecified atom stereocenters. The topological polar surface area (TPSA) is 71.8 Å². The van der Waals surface area contributed by atoms with Crippen LogP contribution in [0, 0.1) is 6.92 Å². The third kappa shape index (κ3) is 5.11.